The number of thioether (sulfide) groups is 1. The fourth-order valence-corrected chi connectivity index (χ4v) is 5.15. The molecule has 2 heterocycles. The zero-order valence-corrected chi connectivity index (χ0v) is 22.3. The third-order valence-electron chi connectivity index (χ3n) is 6.27. The van der Waals surface area contributed by atoms with Gasteiger partial charge < -0.3 is 15.1 Å². The van der Waals surface area contributed by atoms with E-state index in [2.05, 4.69) is 25.7 Å². The summed E-state index contributed by atoms with van der Waals surface area (Å²) in [5, 5.41) is 15.9. The number of carbonyl (C=O) groups excluding carboxylic acids is 2. The van der Waals surface area contributed by atoms with Crippen molar-refractivity contribution in [1.82, 2.24) is 25.1 Å². The Balaban J connectivity index is 1.12. The van der Waals surface area contributed by atoms with E-state index >= 15 is 0 Å². The van der Waals surface area contributed by atoms with Crippen LogP contribution in [0.5, 0.6) is 0 Å². The van der Waals surface area contributed by atoms with E-state index in [9.17, 15) is 9.59 Å². The summed E-state index contributed by atoms with van der Waals surface area (Å²) in [6.07, 6.45) is 0. The van der Waals surface area contributed by atoms with Gasteiger partial charge in [-0.3, -0.25) is 9.59 Å². The van der Waals surface area contributed by atoms with Crippen molar-refractivity contribution in [3.05, 3.63) is 88.9 Å². The predicted octanol–water partition coefficient (Wildman–Crippen LogP) is 4.32. The SMILES string of the molecule is Cc1ccccc1-n1nnnc1SCC(=O)Nc1ccc(N2CCN(C(=O)c3cccc(Cl)c3)CC2)cc1. The van der Waals surface area contributed by atoms with Crippen LogP contribution in [0.1, 0.15) is 15.9 Å². The van der Waals surface area contributed by atoms with Crippen molar-refractivity contribution in [1.29, 1.82) is 0 Å². The molecule has 0 atom stereocenters. The van der Waals surface area contributed by atoms with Crippen LogP contribution in [0.15, 0.2) is 78.0 Å². The van der Waals surface area contributed by atoms with Crippen LogP contribution in [0.2, 0.25) is 5.02 Å². The molecule has 1 N–H and O–H groups in total. The lowest BCUT2D eigenvalue weighted by Crippen LogP contribution is -2.48. The number of hydrogen-bond donors (Lipinski definition) is 1. The molecule has 9 nitrogen and oxygen atoms in total. The molecule has 0 saturated carbocycles. The number of hydrogen-bond acceptors (Lipinski definition) is 7. The smallest absolute Gasteiger partial charge is 0.254 e. The fraction of sp³-hybridized carbons (Fsp3) is 0.222. The third-order valence-corrected chi connectivity index (χ3v) is 7.43. The van der Waals surface area contributed by atoms with Crippen molar-refractivity contribution >= 4 is 46.6 Å². The quantitative estimate of drug-likeness (QED) is 0.344. The molecule has 1 aliphatic rings. The summed E-state index contributed by atoms with van der Waals surface area (Å²) in [7, 11) is 0. The second-order valence-electron chi connectivity index (χ2n) is 8.83. The van der Waals surface area contributed by atoms with Gasteiger partial charge >= 0.3 is 0 Å². The molecule has 0 bridgehead atoms. The van der Waals surface area contributed by atoms with E-state index in [0.29, 0.717) is 34.5 Å². The Kier molecular flexibility index (Phi) is 7.90. The van der Waals surface area contributed by atoms with Crippen LogP contribution >= 0.6 is 23.4 Å². The molecule has 38 heavy (non-hydrogen) atoms. The summed E-state index contributed by atoms with van der Waals surface area (Å²) in [4.78, 5) is 29.4. The molecule has 4 aromatic rings. The molecule has 0 unspecified atom stereocenters. The van der Waals surface area contributed by atoms with E-state index in [1.54, 1.807) is 28.9 Å². The zero-order chi connectivity index (χ0) is 26.5. The van der Waals surface area contributed by atoms with Gasteiger partial charge in [0.25, 0.3) is 5.91 Å². The number of anilines is 2. The highest BCUT2D eigenvalue weighted by Gasteiger charge is 2.22. The van der Waals surface area contributed by atoms with E-state index in [1.807, 2.05) is 60.4 Å². The van der Waals surface area contributed by atoms with E-state index in [-0.39, 0.29) is 17.6 Å². The lowest BCUT2D eigenvalue weighted by Gasteiger charge is -2.36. The van der Waals surface area contributed by atoms with Gasteiger partial charge in [-0.25, -0.2) is 0 Å². The van der Waals surface area contributed by atoms with Crippen molar-refractivity contribution in [2.75, 3.05) is 42.1 Å². The summed E-state index contributed by atoms with van der Waals surface area (Å²) >= 11 is 7.31. The number of halogens is 1. The van der Waals surface area contributed by atoms with Crippen LogP contribution in [0.25, 0.3) is 5.69 Å². The molecule has 1 aliphatic heterocycles. The number of nitrogens with one attached hydrogen (secondary N) is 1. The first-order valence-electron chi connectivity index (χ1n) is 12.1. The topological polar surface area (TPSA) is 96.2 Å². The standard InChI is InChI=1S/C27H26ClN7O2S/c1-19-5-2-3-8-24(19)35-27(30-31-32-35)38-18-25(36)29-22-9-11-23(12-10-22)33-13-15-34(16-14-33)26(37)20-6-4-7-21(28)17-20/h2-12,17H,13-16,18H2,1H3,(H,29,36). The van der Waals surface area contributed by atoms with Crippen LogP contribution in [0.4, 0.5) is 11.4 Å². The second-order valence-corrected chi connectivity index (χ2v) is 10.2. The summed E-state index contributed by atoms with van der Waals surface area (Å²) in [5.74, 6) is 0.0302. The van der Waals surface area contributed by atoms with Gasteiger partial charge in [0.15, 0.2) is 0 Å². The van der Waals surface area contributed by atoms with Gasteiger partial charge in [0, 0.05) is 48.1 Å². The highest BCUT2D eigenvalue weighted by molar-refractivity contribution is 7.99. The Hall–Kier alpha value is -3.89. The Bertz CT molecular complexity index is 1440. The predicted molar refractivity (Wildman–Crippen MR) is 149 cm³/mol. The highest BCUT2D eigenvalue weighted by Crippen LogP contribution is 2.23. The molecular weight excluding hydrogens is 522 g/mol. The van der Waals surface area contributed by atoms with Crippen LogP contribution in [0, 0.1) is 6.92 Å². The molecular formula is C27H26ClN7O2S. The normalized spacial score (nSPS) is 13.4. The fourth-order valence-electron chi connectivity index (χ4n) is 4.28. The van der Waals surface area contributed by atoms with Crippen molar-refractivity contribution in [2.24, 2.45) is 0 Å². The first kappa shape index (κ1) is 25.7. The zero-order valence-electron chi connectivity index (χ0n) is 20.7. The van der Waals surface area contributed by atoms with Gasteiger partial charge in [-0.15, -0.1) is 5.10 Å². The summed E-state index contributed by atoms with van der Waals surface area (Å²) in [6.45, 7) is 4.70. The minimum atomic E-state index is -0.143. The maximum absolute atomic E-state index is 12.8. The van der Waals surface area contributed by atoms with Crippen LogP contribution in [-0.2, 0) is 4.79 Å². The van der Waals surface area contributed by atoms with Gasteiger partial charge in [0.05, 0.1) is 11.4 Å². The first-order valence-corrected chi connectivity index (χ1v) is 13.5. The Morgan fingerprint density at radius 2 is 1.74 bits per heavy atom. The molecule has 1 saturated heterocycles. The minimum absolute atomic E-state index is 0.00369. The number of piperazine rings is 1. The summed E-state index contributed by atoms with van der Waals surface area (Å²) in [5.41, 5.74) is 4.29. The van der Waals surface area contributed by atoms with Crippen LogP contribution in [-0.4, -0.2) is 68.9 Å². The molecule has 1 aromatic heterocycles. The second kappa shape index (κ2) is 11.7. The largest absolute Gasteiger partial charge is 0.368 e. The van der Waals surface area contributed by atoms with Crippen molar-refractivity contribution in [3.8, 4) is 5.69 Å². The van der Waals surface area contributed by atoms with Crippen molar-refractivity contribution in [3.63, 3.8) is 0 Å². The summed E-state index contributed by atoms with van der Waals surface area (Å²) < 4.78 is 1.64. The average molecular weight is 548 g/mol. The molecule has 0 aliphatic carbocycles. The summed E-state index contributed by atoms with van der Waals surface area (Å²) in [6, 6.07) is 22.6. The molecule has 3 aromatic carbocycles. The number of aromatic nitrogens is 4. The van der Waals surface area contributed by atoms with Crippen LogP contribution in [0.3, 0.4) is 0 Å². The average Bonchev–Trinajstić information content (AvgIpc) is 3.41. The molecule has 1 fully saturated rings. The molecule has 0 radical (unpaired) electrons. The Morgan fingerprint density at radius 3 is 2.47 bits per heavy atom. The number of nitrogens with zero attached hydrogens (tertiary/aromatic N) is 6. The monoisotopic (exact) mass is 547 g/mol. The molecule has 194 valence electrons. The number of carbonyl (C=O) groups is 2. The number of amides is 2. The van der Waals surface area contributed by atoms with Crippen molar-refractivity contribution in [2.45, 2.75) is 12.1 Å². The molecule has 11 heteroatoms. The van der Waals surface area contributed by atoms with Crippen LogP contribution < -0.4 is 10.2 Å². The Labute approximate surface area is 229 Å². The van der Waals surface area contributed by atoms with E-state index < -0.39 is 0 Å². The van der Waals surface area contributed by atoms with E-state index in [1.165, 1.54) is 11.8 Å². The van der Waals surface area contributed by atoms with E-state index in [4.69, 9.17) is 11.6 Å². The maximum Gasteiger partial charge on any atom is 0.254 e. The highest BCUT2D eigenvalue weighted by atomic mass is 35.5. The maximum atomic E-state index is 12.8. The lowest BCUT2D eigenvalue weighted by atomic mass is 10.1. The number of tetrazole rings is 1. The number of aryl methyl sites for hydroxylation is 1. The van der Waals surface area contributed by atoms with E-state index in [0.717, 1.165) is 30.0 Å². The number of para-hydroxylation sites is 1. The lowest BCUT2D eigenvalue weighted by molar-refractivity contribution is -0.113. The molecule has 5 rings (SSSR count). The number of benzene rings is 3. The molecule has 0 spiro atoms. The number of rotatable bonds is 7. The van der Waals surface area contributed by atoms with Gasteiger partial charge in [0.2, 0.25) is 11.1 Å². The molecule has 2 amide bonds. The first-order chi connectivity index (χ1) is 18.5. The third kappa shape index (κ3) is 5.98. The minimum Gasteiger partial charge on any atom is -0.368 e. The van der Waals surface area contributed by atoms with Gasteiger partial charge in [-0.05, 0) is 71.4 Å². The van der Waals surface area contributed by atoms with Gasteiger partial charge in [-0.1, -0.05) is 47.6 Å². The van der Waals surface area contributed by atoms with Gasteiger partial charge in [0.1, 0.15) is 0 Å². The Morgan fingerprint density at radius 1 is 0.974 bits per heavy atom. The van der Waals surface area contributed by atoms with Crippen molar-refractivity contribution < 1.29 is 9.59 Å². The van der Waals surface area contributed by atoms with Gasteiger partial charge in [-0.2, -0.15) is 4.68 Å².